The molecule has 0 saturated carbocycles. The molecule has 2 aromatic heterocycles. The van der Waals surface area contributed by atoms with Crippen molar-refractivity contribution < 1.29 is 28.3 Å². The predicted octanol–water partition coefficient (Wildman–Crippen LogP) is 2.96. The smallest absolute Gasteiger partial charge is 0.337 e. The molecule has 6 rings (SSSR count). The van der Waals surface area contributed by atoms with Crippen molar-refractivity contribution in [3.63, 3.8) is 0 Å². The topological polar surface area (TPSA) is 143 Å². The van der Waals surface area contributed by atoms with E-state index in [2.05, 4.69) is 20.4 Å². The van der Waals surface area contributed by atoms with E-state index in [-0.39, 0.29) is 60.9 Å². The van der Waals surface area contributed by atoms with Crippen LogP contribution in [0.1, 0.15) is 36.6 Å². The number of fused-ring (bicyclic) bond motifs is 1. The predicted molar refractivity (Wildman–Crippen MR) is 155 cm³/mol. The molecule has 2 amide bonds. The number of esters is 1. The lowest BCUT2D eigenvalue weighted by molar-refractivity contribution is -0.127. The third kappa shape index (κ3) is 5.42. The van der Waals surface area contributed by atoms with Gasteiger partial charge in [-0.05, 0) is 47.2 Å². The molecule has 1 fully saturated rings. The molecule has 0 spiro atoms. The number of carbonyl (C=O) groups excluding carboxylic acids is 4. The Hall–Kier alpha value is -5.72. The highest BCUT2D eigenvalue weighted by Gasteiger charge is 2.31. The summed E-state index contributed by atoms with van der Waals surface area (Å²) in [6, 6.07) is 18.3. The molecule has 0 atom stereocenters. The number of aromatic nitrogens is 5. The molecule has 0 bridgehead atoms. The number of carbonyl (C=O) groups is 4. The Kier molecular flexibility index (Phi) is 7.67. The minimum Gasteiger partial charge on any atom is -0.465 e. The summed E-state index contributed by atoms with van der Waals surface area (Å²) < 4.78 is 19.8. The summed E-state index contributed by atoms with van der Waals surface area (Å²) in [7, 11) is 1.31. The summed E-state index contributed by atoms with van der Waals surface area (Å²) in [5.74, 6) is -2.71. The number of rotatable bonds is 7. The van der Waals surface area contributed by atoms with E-state index in [0.29, 0.717) is 16.7 Å². The number of benzene rings is 3. The highest BCUT2D eigenvalue weighted by atomic mass is 19.1. The molecule has 1 N–H and O–H groups in total. The number of tetrazole rings is 1. The maximum atomic E-state index is 15.1. The van der Waals surface area contributed by atoms with Crippen molar-refractivity contribution in [2.75, 3.05) is 33.3 Å². The third-order valence-electron chi connectivity index (χ3n) is 7.49. The number of Topliss-reactive ketones (excluding diaryl/α,β-unsaturated/α-hetero) is 1. The van der Waals surface area contributed by atoms with Gasteiger partial charge in [0.25, 0.3) is 17.6 Å². The van der Waals surface area contributed by atoms with Crippen molar-refractivity contribution in [3.8, 4) is 11.4 Å². The van der Waals surface area contributed by atoms with Crippen LogP contribution in [0.25, 0.3) is 22.3 Å². The van der Waals surface area contributed by atoms with Crippen molar-refractivity contribution in [2.24, 2.45) is 0 Å². The molecule has 0 unspecified atom stereocenters. The van der Waals surface area contributed by atoms with Crippen LogP contribution < -0.4 is 0 Å². The number of aromatic amines is 1. The van der Waals surface area contributed by atoms with Crippen LogP contribution in [0.3, 0.4) is 0 Å². The summed E-state index contributed by atoms with van der Waals surface area (Å²) in [6.07, 6.45) is 1.31. The first-order chi connectivity index (χ1) is 21.3. The Morgan fingerprint density at radius 3 is 2.30 bits per heavy atom. The van der Waals surface area contributed by atoms with Gasteiger partial charge in [-0.3, -0.25) is 14.4 Å². The average molecular weight is 596 g/mol. The summed E-state index contributed by atoms with van der Waals surface area (Å²) >= 11 is 0. The zero-order valence-corrected chi connectivity index (χ0v) is 23.6. The summed E-state index contributed by atoms with van der Waals surface area (Å²) in [5, 5.41) is 12.5. The van der Waals surface area contributed by atoms with Crippen molar-refractivity contribution >= 4 is 34.5 Å². The molecule has 0 aliphatic carbocycles. The quantitative estimate of drug-likeness (QED) is 0.172. The van der Waals surface area contributed by atoms with E-state index >= 15 is 4.39 Å². The number of H-pyrrole nitrogens is 1. The molecule has 1 saturated heterocycles. The van der Waals surface area contributed by atoms with Gasteiger partial charge in [0.2, 0.25) is 5.82 Å². The molecule has 1 aliphatic heterocycles. The SMILES string of the molecule is COC(=O)c1ccc(Cn2nnc(-c3ccc(F)c4c(C(=O)C(=O)N5CCN(C(=O)c6ccccc6)CC5)c[nH]c34)n2)cc1. The van der Waals surface area contributed by atoms with Gasteiger partial charge in [0, 0.05) is 48.9 Å². The molecule has 0 radical (unpaired) electrons. The van der Waals surface area contributed by atoms with E-state index < -0.39 is 23.5 Å². The number of methoxy groups -OCH3 is 1. The molecular formula is C31H26FN7O5. The largest absolute Gasteiger partial charge is 0.465 e. The first kappa shape index (κ1) is 28.4. The molecule has 5 aromatic rings. The van der Waals surface area contributed by atoms with Gasteiger partial charge in [-0.2, -0.15) is 4.80 Å². The molecule has 3 aromatic carbocycles. The van der Waals surface area contributed by atoms with E-state index in [0.717, 1.165) is 5.56 Å². The van der Waals surface area contributed by atoms with Crippen LogP contribution in [-0.2, 0) is 16.1 Å². The maximum absolute atomic E-state index is 15.1. The zero-order valence-electron chi connectivity index (χ0n) is 23.6. The zero-order chi connectivity index (χ0) is 30.8. The standard InChI is InChI=1S/C31H26FN7O5/c1-44-31(43)21-9-7-19(8-10-21)18-39-35-28(34-36-39)22-11-12-24(32)25-23(17-33-26(22)25)27(40)30(42)38-15-13-37(14-16-38)29(41)20-5-3-2-4-6-20/h2-12,17,33H,13-16,18H2,1H3. The van der Waals surface area contributed by atoms with Crippen LogP contribution >= 0.6 is 0 Å². The monoisotopic (exact) mass is 595 g/mol. The molecule has 3 heterocycles. The molecular weight excluding hydrogens is 569 g/mol. The van der Waals surface area contributed by atoms with Gasteiger partial charge in [-0.1, -0.05) is 30.3 Å². The summed E-state index contributed by atoms with van der Waals surface area (Å²) in [4.78, 5) is 58.2. The van der Waals surface area contributed by atoms with Crippen molar-refractivity contribution in [1.29, 1.82) is 0 Å². The van der Waals surface area contributed by atoms with E-state index in [4.69, 9.17) is 4.74 Å². The lowest BCUT2D eigenvalue weighted by Crippen LogP contribution is -2.52. The van der Waals surface area contributed by atoms with E-state index in [1.54, 1.807) is 53.4 Å². The van der Waals surface area contributed by atoms with E-state index in [1.165, 1.54) is 35.1 Å². The number of piperazine rings is 1. The number of halogens is 1. The van der Waals surface area contributed by atoms with Crippen LogP contribution in [-0.4, -0.2) is 91.8 Å². The minimum absolute atomic E-state index is 0.0477. The Labute approximate surface area is 250 Å². The number of hydrogen-bond acceptors (Lipinski definition) is 8. The van der Waals surface area contributed by atoms with Gasteiger partial charge in [0.1, 0.15) is 5.82 Å². The molecule has 1 aliphatic rings. The van der Waals surface area contributed by atoms with Gasteiger partial charge in [-0.25, -0.2) is 9.18 Å². The van der Waals surface area contributed by atoms with Crippen molar-refractivity contribution in [1.82, 2.24) is 35.0 Å². The second-order valence-corrected chi connectivity index (χ2v) is 10.2. The number of nitrogens with one attached hydrogen (secondary N) is 1. The Bertz CT molecular complexity index is 1880. The highest BCUT2D eigenvalue weighted by molar-refractivity contribution is 6.45. The lowest BCUT2D eigenvalue weighted by atomic mass is 10.0. The molecule has 44 heavy (non-hydrogen) atoms. The van der Waals surface area contributed by atoms with Crippen LogP contribution in [0.5, 0.6) is 0 Å². The van der Waals surface area contributed by atoms with E-state index in [9.17, 15) is 19.2 Å². The van der Waals surface area contributed by atoms with Gasteiger partial charge in [0.05, 0.1) is 30.3 Å². The van der Waals surface area contributed by atoms with Crippen LogP contribution in [0.15, 0.2) is 72.9 Å². The Morgan fingerprint density at radius 1 is 0.886 bits per heavy atom. The summed E-state index contributed by atoms with van der Waals surface area (Å²) in [5.41, 5.74) is 2.31. The number of nitrogens with zero attached hydrogens (tertiary/aromatic N) is 6. The Morgan fingerprint density at radius 2 is 1.59 bits per heavy atom. The second kappa shape index (κ2) is 11.9. The Balaban J connectivity index is 1.17. The highest BCUT2D eigenvalue weighted by Crippen LogP contribution is 2.30. The normalized spacial score (nSPS) is 13.2. The fourth-order valence-corrected chi connectivity index (χ4v) is 5.15. The van der Waals surface area contributed by atoms with Gasteiger partial charge < -0.3 is 19.5 Å². The van der Waals surface area contributed by atoms with Gasteiger partial charge in [0.15, 0.2) is 0 Å². The number of hydrogen-bond donors (Lipinski definition) is 1. The van der Waals surface area contributed by atoms with E-state index in [1.807, 2.05) is 6.07 Å². The lowest BCUT2D eigenvalue weighted by Gasteiger charge is -2.34. The molecule has 13 heteroatoms. The van der Waals surface area contributed by atoms with Crippen LogP contribution in [0.2, 0.25) is 0 Å². The van der Waals surface area contributed by atoms with Crippen LogP contribution in [0, 0.1) is 5.82 Å². The summed E-state index contributed by atoms with van der Waals surface area (Å²) in [6.45, 7) is 1.16. The van der Waals surface area contributed by atoms with Crippen molar-refractivity contribution in [2.45, 2.75) is 6.54 Å². The third-order valence-corrected chi connectivity index (χ3v) is 7.49. The van der Waals surface area contributed by atoms with Crippen LogP contribution in [0.4, 0.5) is 4.39 Å². The number of amides is 2. The maximum Gasteiger partial charge on any atom is 0.337 e. The fraction of sp³-hybridized carbons (Fsp3) is 0.194. The fourth-order valence-electron chi connectivity index (χ4n) is 5.15. The average Bonchev–Trinajstić information content (AvgIpc) is 3.73. The second-order valence-electron chi connectivity index (χ2n) is 10.2. The number of ether oxygens (including phenoxy) is 1. The molecule has 12 nitrogen and oxygen atoms in total. The molecule has 222 valence electrons. The number of ketones is 1. The van der Waals surface area contributed by atoms with Crippen molar-refractivity contribution in [3.05, 3.63) is 101 Å². The first-order valence-corrected chi connectivity index (χ1v) is 13.8. The first-order valence-electron chi connectivity index (χ1n) is 13.8. The van der Waals surface area contributed by atoms with Gasteiger partial charge in [-0.15, -0.1) is 10.2 Å². The van der Waals surface area contributed by atoms with Gasteiger partial charge >= 0.3 is 5.97 Å². The minimum atomic E-state index is -0.859.